The minimum absolute atomic E-state index is 0.0143. The third kappa shape index (κ3) is 39.5. The first-order chi connectivity index (χ1) is 51.1. The maximum Gasteiger partial charge on any atom is 0.309 e. The molecule has 0 amide bonds. The van der Waals surface area contributed by atoms with Crippen molar-refractivity contribution < 1.29 is 124 Å². The highest BCUT2D eigenvalue weighted by molar-refractivity contribution is 5.75. The predicted octanol–water partition coefficient (Wildman–Crippen LogP) is 8.59. The first kappa shape index (κ1) is 87.6. The summed E-state index contributed by atoms with van der Waals surface area (Å²) in [7, 11) is 0. The number of ether oxygens (including phenoxy) is 20. The molecule has 26 heteroatoms. The maximum absolute atomic E-state index is 12.7. The third-order valence-corrected chi connectivity index (χ3v) is 18.3. The zero-order valence-corrected chi connectivity index (χ0v) is 61.8. The van der Waals surface area contributed by atoms with Gasteiger partial charge >= 0.3 is 35.8 Å². The molecule has 0 bridgehead atoms. The van der Waals surface area contributed by atoms with Crippen LogP contribution in [0.4, 0.5) is 0 Å². The van der Waals surface area contributed by atoms with E-state index in [1.54, 1.807) is 0 Å². The molecule has 0 heterocycles. The van der Waals surface area contributed by atoms with Crippen molar-refractivity contribution in [2.24, 2.45) is 46.3 Å². The highest BCUT2D eigenvalue weighted by Crippen LogP contribution is 2.28. The standard InChI is InChI=1S/C78H122O26/c79-71(65-19-7-1-8-20-65)99-51-45-86-32-31-85-33-39-92-57-77(58-93-40-34-87-46-52-100-72(80)66-21-9-2-10-22-66,59-94-41-35-88-47-53-101-73(81)67-23-11-3-12-24-67)63-98-64-78(60-95-42-36-89-48-54-102-74(82)68-25-13-4-14-26-68,61-96-43-37-90-49-55-103-75(83)69-27-15-5-16-28-69)62-97-44-38-91-50-56-104-76(84)70-29-17-6-18-30-70/h1-7,9,11,13,15,17,65-70H,8,10,12,14,16,18-64H2. The lowest BCUT2D eigenvalue weighted by Gasteiger charge is -2.37. The molecule has 6 rings (SSSR count). The molecular weight excluding hydrogens is 1350 g/mol. The fourth-order valence-electron chi connectivity index (χ4n) is 12.2. The second-order valence-electron chi connectivity index (χ2n) is 27.0. The van der Waals surface area contributed by atoms with Crippen LogP contribution in [0.5, 0.6) is 0 Å². The number of esters is 6. The number of carbonyl (C=O) groups is 6. The Morgan fingerprint density at radius 1 is 0.192 bits per heavy atom. The van der Waals surface area contributed by atoms with Gasteiger partial charge in [-0.3, -0.25) is 28.8 Å². The molecule has 0 saturated heterocycles. The third-order valence-electron chi connectivity index (χ3n) is 18.3. The topological polar surface area (TPSA) is 287 Å². The van der Waals surface area contributed by atoms with E-state index in [0.29, 0.717) is 38.5 Å². The van der Waals surface area contributed by atoms with Gasteiger partial charge in [-0.15, -0.1) is 0 Å². The van der Waals surface area contributed by atoms with E-state index in [9.17, 15) is 28.8 Å². The summed E-state index contributed by atoms with van der Waals surface area (Å²) >= 11 is 0. The number of hydrogen-bond donors (Lipinski definition) is 0. The van der Waals surface area contributed by atoms with E-state index in [4.69, 9.17) is 94.7 Å². The number of hydrogen-bond acceptors (Lipinski definition) is 26. The molecule has 104 heavy (non-hydrogen) atoms. The van der Waals surface area contributed by atoms with Crippen LogP contribution in [-0.2, 0) is 124 Å². The van der Waals surface area contributed by atoms with Gasteiger partial charge in [-0.05, 0) is 116 Å². The van der Waals surface area contributed by atoms with Gasteiger partial charge in [-0.1, -0.05) is 72.9 Å². The maximum atomic E-state index is 12.7. The van der Waals surface area contributed by atoms with Gasteiger partial charge in [0.2, 0.25) is 0 Å². The summed E-state index contributed by atoms with van der Waals surface area (Å²) in [5, 5.41) is 0. The smallest absolute Gasteiger partial charge is 0.309 e. The summed E-state index contributed by atoms with van der Waals surface area (Å²) in [6.07, 6.45) is 38.2. The van der Waals surface area contributed by atoms with Crippen LogP contribution in [0.15, 0.2) is 72.9 Å². The van der Waals surface area contributed by atoms with Crippen molar-refractivity contribution in [3.8, 4) is 0 Å². The molecule has 0 N–H and O–H groups in total. The average molecular weight is 1480 g/mol. The Bertz CT molecular complexity index is 2340. The van der Waals surface area contributed by atoms with Crippen LogP contribution in [0.3, 0.4) is 0 Å². The van der Waals surface area contributed by atoms with Gasteiger partial charge in [0.05, 0.1) is 231 Å². The van der Waals surface area contributed by atoms with Gasteiger partial charge in [-0.2, -0.15) is 0 Å². The van der Waals surface area contributed by atoms with E-state index in [-0.39, 0.29) is 296 Å². The minimum atomic E-state index is -0.993. The van der Waals surface area contributed by atoms with Crippen LogP contribution in [0, 0.1) is 46.3 Å². The Balaban J connectivity index is 1.12. The molecule has 0 saturated carbocycles. The SMILES string of the molecule is O=C(OCCOCCOCCOCC(COCCOCCOC(=O)C1CC=CCC1)(COCCOCCOC(=O)C1CC=CCC1)COCC(COCCOCCOC(=O)C1CC=CCC1)(COCCOCCOC(=O)C1CC=CCC1)COCCOCCOC(=O)C1CC=CCC1)C1CC=CCC1. The number of rotatable bonds is 61. The summed E-state index contributed by atoms with van der Waals surface area (Å²) in [5.41, 5.74) is -1.98. The van der Waals surface area contributed by atoms with Crippen molar-refractivity contribution in [3.05, 3.63) is 72.9 Å². The Morgan fingerprint density at radius 2 is 0.337 bits per heavy atom. The fourth-order valence-corrected chi connectivity index (χ4v) is 12.2. The minimum Gasteiger partial charge on any atom is -0.463 e. The van der Waals surface area contributed by atoms with Crippen molar-refractivity contribution in [2.75, 3.05) is 225 Å². The molecule has 26 nitrogen and oxygen atoms in total. The lowest BCUT2D eigenvalue weighted by molar-refractivity contribution is -0.154. The lowest BCUT2D eigenvalue weighted by atomic mass is 9.90. The van der Waals surface area contributed by atoms with E-state index >= 15 is 0 Å². The van der Waals surface area contributed by atoms with Crippen LogP contribution in [0.1, 0.15) is 116 Å². The summed E-state index contributed by atoms with van der Waals surface area (Å²) < 4.78 is 120. The number of carbonyl (C=O) groups excluding carboxylic acids is 6. The van der Waals surface area contributed by atoms with Gasteiger partial charge in [0, 0.05) is 0 Å². The van der Waals surface area contributed by atoms with Crippen LogP contribution in [0.2, 0.25) is 0 Å². The molecule has 0 aromatic heterocycles. The lowest BCUT2D eigenvalue weighted by Crippen LogP contribution is -2.46. The van der Waals surface area contributed by atoms with Gasteiger partial charge in [0.15, 0.2) is 0 Å². The molecular formula is C78H122O26. The second-order valence-corrected chi connectivity index (χ2v) is 27.0. The van der Waals surface area contributed by atoms with E-state index in [2.05, 4.69) is 36.5 Å². The second kappa shape index (κ2) is 56.9. The Labute approximate surface area is 616 Å². The van der Waals surface area contributed by atoms with E-state index in [1.807, 2.05) is 36.5 Å². The molecule has 6 atom stereocenters. The molecule has 590 valence electrons. The molecule has 6 aliphatic rings. The van der Waals surface area contributed by atoms with Gasteiger partial charge in [0.1, 0.15) is 39.6 Å². The van der Waals surface area contributed by atoms with Crippen LogP contribution >= 0.6 is 0 Å². The zero-order chi connectivity index (χ0) is 73.3. The van der Waals surface area contributed by atoms with Gasteiger partial charge in [-0.25, -0.2) is 0 Å². The Kier molecular flexibility index (Phi) is 47.9. The molecule has 0 aliphatic heterocycles. The Hall–Kier alpha value is -5.30. The average Bonchev–Trinajstić information content (AvgIpc) is 0.852. The summed E-state index contributed by atoms with van der Waals surface area (Å²) in [5.74, 6) is -2.26. The van der Waals surface area contributed by atoms with Crippen LogP contribution in [-0.4, -0.2) is 260 Å². The molecule has 0 aromatic carbocycles. The van der Waals surface area contributed by atoms with E-state index in [1.165, 1.54) is 0 Å². The molecule has 0 spiro atoms. The predicted molar refractivity (Wildman–Crippen MR) is 381 cm³/mol. The van der Waals surface area contributed by atoms with Gasteiger partial charge < -0.3 is 94.7 Å². The van der Waals surface area contributed by atoms with Crippen molar-refractivity contribution in [1.82, 2.24) is 0 Å². The van der Waals surface area contributed by atoms with Crippen LogP contribution < -0.4 is 0 Å². The normalized spacial score (nSPS) is 21.2. The highest BCUT2D eigenvalue weighted by atomic mass is 16.6. The Morgan fingerprint density at radius 3 is 0.490 bits per heavy atom. The van der Waals surface area contributed by atoms with Crippen LogP contribution in [0.25, 0.3) is 0 Å². The first-order valence-corrected chi connectivity index (χ1v) is 38.1. The molecule has 6 aliphatic carbocycles. The summed E-state index contributed by atoms with van der Waals surface area (Å²) in [6, 6.07) is 0. The number of allylic oxidation sites excluding steroid dienone is 12. The fraction of sp³-hybridized carbons (Fsp3) is 0.769. The van der Waals surface area contributed by atoms with E-state index < -0.39 is 10.8 Å². The van der Waals surface area contributed by atoms with Crippen molar-refractivity contribution in [1.29, 1.82) is 0 Å². The van der Waals surface area contributed by atoms with Crippen molar-refractivity contribution >= 4 is 35.8 Å². The van der Waals surface area contributed by atoms with Crippen molar-refractivity contribution in [3.63, 3.8) is 0 Å². The summed E-state index contributed by atoms with van der Waals surface area (Å²) in [6.45, 7) is 5.00. The van der Waals surface area contributed by atoms with Gasteiger partial charge in [0.25, 0.3) is 0 Å². The van der Waals surface area contributed by atoms with Crippen molar-refractivity contribution in [2.45, 2.75) is 116 Å². The first-order valence-electron chi connectivity index (χ1n) is 38.1. The molecule has 6 unspecified atom stereocenters. The highest BCUT2D eigenvalue weighted by Gasteiger charge is 2.38. The summed E-state index contributed by atoms with van der Waals surface area (Å²) in [4.78, 5) is 76.0. The molecule has 0 radical (unpaired) electrons. The zero-order valence-electron chi connectivity index (χ0n) is 61.8. The molecule has 0 aromatic rings. The van der Waals surface area contributed by atoms with E-state index in [0.717, 1.165) is 77.0 Å². The largest absolute Gasteiger partial charge is 0.463 e. The quantitative estimate of drug-likeness (QED) is 0.0238. The monoisotopic (exact) mass is 1470 g/mol. The molecule has 0 fully saturated rings.